The van der Waals surface area contributed by atoms with E-state index in [1.54, 1.807) is 0 Å². The van der Waals surface area contributed by atoms with E-state index in [1.807, 2.05) is 6.92 Å². The molecule has 0 aromatic heterocycles. The van der Waals surface area contributed by atoms with Gasteiger partial charge in [0.15, 0.2) is 12.3 Å². The van der Waals surface area contributed by atoms with Gasteiger partial charge in [-0.15, -0.1) is 0 Å². The van der Waals surface area contributed by atoms with Crippen LogP contribution in [0, 0.1) is 29.6 Å². The Morgan fingerprint density at radius 1 is 0.750 bits per heavy atom. The summed E-state index contributed by atoms with van der Waals surface area (Å²) >= 11 is 0. The number of rotatable bonds is 4. The first-order valence-corrected chi connectivity index (χ1v) is 12.1. The van der Waals surface area contributed by atoms with Gasteiger partial charge in [0.25, 0.3) is 0 Å². The fourth-order valence-corrected chi connectivity index (χ4v) is 6.47. The zero-order chi connectivity index (χ0) is 19.7. The molecule has 0 spiro atoms. The van der Waals surface area contributed by atoms with E-state index in [4.69, 9.17) is 9.47 Å². The molecular weight excluding hydrogens is 358 g/mol. The first-order valence-electron chi connectivity index (χ1n) is 12.1. The Hall–Kier alpha value is -0.220. The van der Waals surface area contributed by atoms with Crippen molar-refractivity contribution in [2.75, 3.05) is 6.61 Å². The average molecular weight is 399 g/mol. The summed E-state index contributed by atoms with van der Waals surface area (Å²) in [7, 11) is 0. The highest BCUT2D eigenvalue weighted by Crippen LogP contribution is 2.43. The second-order valence-corrected chi connectivity index (χ2v) is 10.5. The fourth-order valence-electron chi connectivity index (χ4n) is 6.47. The molecule has 28 heavy (non-hydrogen) atoms. The summed E-state index contributed by atoms with van der Waals surface area (Å²) in [5.74, 6) is 3.40. The molecule has 1 saturated heterocycles. The van der Waals surface area contributed by atoms with E-state index in [0.717, 1.165) is 30.6 Å². The van der Waals surface area contributed by atoms with Crippen LogP contribution in [-0.4, -0.2) is 37.3 Å². The molecule has 6 atom stereocenters. The van der Waals surface area contributed by atoms with Crippen LogP contribution >= 0.6 is 0 Å². The molecule has 0 aromatic rings. The molecule has 0 radical (unpaired) electrons. The van der Waals surface area contributed by atoms with Crippen molar-refractivity contribution < 1.29 is 18.3 Å². The highest BCUT2D eigenvalue weighted by molar-refractivity contribution is 4.97. The van der Waals surface area contributed by atoms with Gasteiger partial charge in [0, 0.05) is 6.61 Å². The van der Waals surface area contributed by atoms with Gasteiger partial charge < -0.3 is 9.47 Å². The van der Waals surface area contributed by atoms with Crippen molar-refractivity contribution in [3.05, 3.63) is 0 Å². The largest absolute Gasteiger partial charge is 0.375 e. The third-order valence-electron chi connectivity index (χ3n) is 8.47. The fraction of sp³-hybridized carbons (Fsp3) is 1.00. The number of halogens is 2. The van der Waals surface area contributed by atoms with Gasteiger partial charge in [-0.2, -0.15) is 0 Å². The van der Waals surface area contributed by atoms with Gasteiger partial charge in [-0.3, -0.25) is 0 Å². The third-order valence-corrected chi connectivity index (χ3v) is 8.47. The monoisotopic (exact) mass is 398 g/mol. The standard InChI is InChI=1S/C24H40F2O2/c1-15-3-8-18(9-4-15)19-11-6-17(7-12-19)14-27-21-13-20-10-5-16(2)28-24(20)23(26)22(21)25/h15-24H,3-14H2,1-2H3. The predicted octanol–water partition coefficient (Wildman–Crippen LogP) is 6.27. The second kappa shape index (κ2) is 9.29. The van der Waals surface area contributed by atoms with Crippen molar-refractivity contribution >= 4 is 0 Å². The quantitative estimate of drug-likeness (QED) is 0.556. The lowest BCUT2D eigenvalue weighted by molar-refractivity contribution is -0.181. The van der Waals surface area contributed by atoms with E-state index in [1.165, 1.54) is 51.4 Å². The SMILES string of the molecule is CC1CCC(C2CCC(COC3CC4CCC(C)OC4C(F)C3F)CC2)CC1. The van der Waals surface area contributed by atoms with Crippen LogP contribution in [-0.2, 0) is 9.47 Å². The second-order valence-electron chi connectivity index (χ2n) is 10.5. The van der Waals surface area contributed by atoms with Crippen LogP contribution in [0.15, 0.2) is 0 Å². The molecule has 4 fully saturated rings. The average Bonchev–Trinajstić information content (AvgIpc) is 2.71. The van der Waals surface area contributed by atoms with Gasteiger partial charge in [-0.1, -0.05) is 19.8 Å². The van der Waals surface area contributed by atoms with E-state index >= 15 is 0 Å². The molecule has 1 heterocycles. The molecule has 3 saturated carbocycles. The van der Waals surface area contributed by atoms with E-state index < -0.39 is 24.6 Å². The lowest BCUT2D eigenvalue weighted by atomic mass is 9.69. The smallest absolute Gasteiger partial charge is 0.160 e. The minimum Gasteiger partial charge on any atom is -0.375 e. The minimum absolute atomic E-state index is 0.0479. The maximum atomic E-state index is 14.7. The summed E-state index contributed by atoms with van der Waals surface area (Å²) in [6, 6.07) is 0. The maximum Gasteiger partial charge on any atom is 0.160 e. The molecular formula is C24H40F2O2. The lowest BCUT2D eigenvalue weighted by Gasteiger charge is -2.45. The molecule has 1 aliphatic heterocycles. The van der Waals surface area contributed by atoms with Crippen LogP contribution < -0.4 is 0 Å². The van der Waals surface area contributed by atoms with E-state index in [0.29, 0.717) is 18.9 Å². The van der Waals surface area contributed by atoms with Crippen LogP contribution in [0.25, 0.3) is 0 Å². The Morgan fingerprint density at radius 2 is 1.36 bits per heavy atom. The molecule has 0 amide bonds. The zero-order valence-electron chi connectivity index (χ0n) is 17.8. The highest BCUT2D eigenvalue weighted by atomic mass is 19.2. The Bertz CT molecular complexity index is 483. The summed E-state index contributed by atoms with van der Waals surface area (Å²) in [5, 5.41) is 0. The van der Waals surface area contributed by atoms with Crippen LogP contribution in [0.3, 0.4) is 0 Å². The topological polar surface area (TPSA) is 18.5 Å². The number of ether oxygens (including phenoxy) is 2. The van der Waals surface area contributed by atoms with Gasteiger partial charge in [0.2, 0.25) is 0 Å². The van der Waals surface area contributed by atoms with E-state index in [9.17, 15) is 8.78 Å². The normalized spacial score (nSPS) is 50.1. The number of alkyl halides is 2. The number of hydrogen-bond acceptors (Lipinski definition) is 2. The molecule has 3 aliphatic carbocycles. The van der Waals surface area contributed by atoms with Crippen LogP contribution in [0.4, 0.5) is 8.78 Å². The molecule has 2 nitrogen and oxygen atoms in total. The van der Waals surface area contributed by atoms with E-state index in [2.05, 4.69) is 6.92 Å². The van der Waals surface area contributed by atoms with Gasteiger partial charge in [-0.25, -0.2) is 8.78 Å². The van der Waals surface area contributed by atoms with Crippen molar-refractivity contribution in [3.8, 4) is 0 Å². The summed E-state index contributed by atoms with van der Waals surface area (Å²) < 4.78 is 41.0. The molecule has 0 bridgehead atoms. The van der Waals surface area contributed by atoms with Crippen molar-refractivity contribution in [1.82, 2.24) is 0 Å². The molecule has 4 aliphatic rings. The summed E-state index contributed by atoms with van der Waals surface area (Å²) in [5.41, 5.74) is 0. The molecule has 6 unspecified atom stereocenters. The maximum absolute atomic E-state index is 14.7. The van der Waals surface area contributed by atoms with Gasteiger partial charge in [0.05, 0.1) is 18.3 Å². The molecule has 4 rings (SSSR count). The zero-order valence-corrected chi connectivity index (χ0v) is 17.8. The Morgan fingerprint density at radius 3 is 2.04 bits per heavy atom. The van der Waals surface area contributed by atoms with Crippen molar-refractivity contribution in [3.63, 3.8) is 0 Å². The first-order chi connectivity index (χ1) is 13.5. The summed E-state index contributed by atoms with van der Waals surface area (Å²) in [6.45, 7) is 4.96. The molecule has 0 aromatic carbocycles. The lowest BCUT2D eigenvalue weighted by Crippen LogP contribution is -2.54. The van der Waals surface area contributed by atoms with Crippen molar-refractivity contribution in [2.45, 2.75) is 115 Å². The minimum atomic E-state index is -1.54. The van der Waals surface area contributed by atoms with Crippen LogP contribution in [0.5, 0.6) is 0 Å². The van der Waals surface area contributed by atoms with Gasteiger partial charge >= 0.3 is 0 Å². The van der Waals surface area contributed by atoms with Gasteiger partial charge in [0.1, 0.15) is 0 Å². The first kappa shape index (κ1) is 21.0. The molecule has 4 heteroatoms. The molecule has 162 valence electrons. The van der Waals surface area contributed by atoms with Crippen molar-refractivity contribution in [2.24, 2.45) is 29.6 Å². The third kappa shape index (κ3) is 4.74. The highest BCUT2D eigenvalue weighted by Gasteiger charge is 2.49. The van der Waals surface area contributed by atoms with E-state index in [-0.39, 0.29) is 12.0 Å². The Kier molecular flexibility index (Phi) is 6.97. The predicted molar refractivity (Wildman–Crippen MR) is 108 cm³/mol. The Labute approximate surface area is 170 Å². The number of hydrogen-bond donors (Lipinski definition) is 0. The number of fused-ring (bicyclic) bond motifs is 1. The Balaban J connectivity index is 1.21. The molecule has 0 N–H and O–H groups in total. The van der Waals surface area contributed by atoms with Crippen LogP contribution in [0.2, 0.25) is 0 Å². The van der Waals surface area contributed by atoms with Crippen molar-refractivity contribution in [1.29, 1.82) is 0 Å². The summed E-state index contributed by atoms with van der Waals surface area (Å²) in [6.07, 6.45) is 8.99. The van der Waals surface area contributed by atoms with Gasteiger partial charge in [-0.05, 0) is 94.3 Å². The summed E-state index contributed by atoms with van der Waals surface area (Å²) in [4.78, 5) is 0. The van der Waals surface area contributed by atoms with Crippen LogP contribution in [0.1, 0.15) is 84.5 Å².